The summed E-state index contributed by atoms with van der Waals surface area (Å²) in [5, 5.41) is 1.94. The molecular weight excluding hydrogens is 282 g/mol. The number of nitrogens with one attached hydrogen (secondary N) is 2. The average molecular weight is 299 g/mol. The van der Waals surface area contributed by atoms with Crippen molar-refractivity contribution in [1.29, 1.82) is 0 Å². The first-order valence-corrected chi connectivity index (χ1v) is 8.36. The van der Waals surface area contributed by atoms with Crippen LogP contribution in [-0.4, -0.2) is 13.4 Å². The molecule has 1 atom stereocenters. The van der Waals surface area contributed by atoms with Gasteiger partial charge in [0.2, 0.25) is 10.0 Å². The van der Waals surface area contributed by atoms with Crippen molar-refractivity contribution in [2.75, 3.05) is 0 Å². The van der Waals surface area contributed by atoms with Crippen LogP contribution in [0.4, 0.5) is 0 Å². The van der Waals surface area contributed by atoms with Crippen LogP contribution in [0.3, 0.4) is 0 Å². The maximum Gasteiger partial charge on any atom is 0.242 e. The predicted octanol–water partition coefficient (Wildman–Crippen LogP) is 1.96. The zero-order chi connectivity index (χ0) is 13.9. The van der Waals surface area contributed by atoms with Gasteiger partial charge >= 0.3 is 0 Å². The van der Waals surface area contributed by atoms with E-state index in [0.717, 1.165) is 4.88 Å². The van der Waals surface area contributed by atoms with Gasteiger partial charge in [-0.05, 0) is 23.9 Å². The van der Waals surface area contributed by atoms with Crippen molar-refractivity contribution in [2.24, 2.45) is 5.73 Å². The quantitative estimate of drug-likeness (QED) is 0.762. The summed E-state index contributed by atoms with van der Waals surface area (Å²) in [6.45, 7) is 2.24. The SMILES string of the molecule is CCC(NS(=O)(=O)c1c[nH]c(CN)c1)c1cccs1. The van der Waals surface area contributed by atoms with Crippen molar-refractivity contribution in [2.45, 2.75) is 30.8 Å². The molecule has 2 aromatic heterocycles. The summed E-state index contributed by atoms with van der Waals surface area (Å²) < 4.78 is 27.2. The maximum absolute atomic E-state index is 12.3. The molecule has 0 aromatic carbocycles. The summed E-state index contributed by atoms with van der Waals surface area (Å²) in [6, 6.07) is 5.22. The van der Waals surface area contributed by atoms with Gasteiger partial charge in [-0.3, -0.25) is 0 Å². The number of thiophene rings is 1. The summed E-state index contributed by atoms with van der Waals surface area (Å²) in [7, 11) is -3.52. The molecule has 19 heavy (non-hydrogen) atoms. The Kier molecular flexibility index (Phi) is 4.41. The van der Waals surface area contributed by atoms with Crippen LogP contribution < -0.4 is 10.5 Å². The molecule has 104 valence electrons. The van der Waals surface area contributed by atoms with Gasteiger partial charge in [0.1, 0.15) is 0 Å². The van der Waals surface area contributed by atoms with E-state index >= 15 is 0 Å². The smallest absolute Gasteiger partial charge is 0.242 e. The highest BCUT2D eigenvalue weighted by Gasteiger charge is 2.21. The van der Waals surface area contributed by atoms with Gasteiger partial charge < -0.3 is 10.7 Å². The fraction of sp³-hybridized carbons (Fsp3) is 0.333. The van der Waals surface area contributed by atoms with Crippen LogP contribution >= 0.6 is 11.3 Å². The first-order valence-electron chi connectivity index (χ1n) is 6.00. The third kappa shape index (κ3) is 3.24. The monoisotopic (exact) mass is 299 g/mol. The number of rotatable bonds is 6. The molecule has 7 heteroatoms. The van der Waals surface area contributed by atoms with Gasteiger partial charge in [0, 0.05) is 23.3 Å². The van der Waals surface area contributed by atoms with E-state index in [2.05, 4.69) is 9.71 Å². The van der Waals surface area contributed by atoms with Gasteiger partial charge in [-0.1, -0.05) is 13.0 Å². The molecule has 0 amide bonds. The van der Waals surface area contributed by atoms with Crippen LogP contribution in [0.15, 0.2) is 34.7 Å². The standard InChI is InChI=1S/C12H17N3O2S2/c1-2-11(12-4-3-5-18-12)15-19(16,17)10-6-9(7-13)14-8-10/h3-6,8,11,14-15H,2,7,13H2,1H3. The Morgan fingerprint density at radius 1 is 1.53 bits per heavy atom. The highest BCUT2D eigenvalue weighted by molar-refractivity contribution is 7.89. The molecule has 0 saturated heterocycles. The highest BCUT2D eigenvalue weighted by atomic mass is 32.2. The molecule has 0 aliphatic carbocycles. The van der Waals surface area contributed by atoms with Gasteiger partial charge in [-0.25, -0.2) is 13.1 Å². The third-order valence-corrected chi connectivity index (χ3v) is 5.28. The summed E-state index contributed by atoms with van der Waals surface area (Å²) in [6.07, 6.45) is 2.17. The van der Waals surface area contributed by atoms with Gasteiger partial charge in [-0.2, -0.15) is 0 Å². The summed E-state index contributed by atoms with van der Waals surface area (Å²) in [5.74, 6) is 0. The van der Waals surface area contributed by atoms with Crippen molar-refractivity contribution in [1.82, 2.24) is 9.71 Å². The number of hydrogen-bond donors (Lipinski definition) is 3. The fourth-order valence-corrected chi connectivity index (χ4v) is 4.03. The molecule has 0 saturated carbocycles. The second kappa shape index (κ2) is 5.87. The second-order valence-corrected chi connectivity index (χ2v) is 6.86. The number of H-pyrrole nitrogens is 1. The van der Waals surface area contributed by atoms with Gasteiger partial charge in [0.15, 0.2) is 0 Å². The van der Waals surface area contributed by atoms with Crippen LogP contribution in [0.2, 0.25) is 0 Å². The molecule has 1 unspecified atom stereocenters. The Labute approximate surface area is 116 Å². The first-order chi connectivity index (χ1) is 9.06. The van der Waals surface area contributed by atoms with E-state index in [0.29, 0.717) is 12.1 Å². The van der Waals surface area contributed by atoms with Crippen molar-refractivity contribution < 1.29 is 8.42 Å². The Morgan fingerprint density at radius 3 is 2.84 bits per heavy atom. The number of nitrogens with two attached hydrogens (primary N) is 1. The molecule has 4 N–H and O–H groups in total. The molecule has 0 aliphatic heterocycles. The molecule has 2 rings (SSSR count). The van der Waals surface area contributed by atoms with E-state index in [1.54, 1.807) is 17.4 Å². The first kappa shape index (κ1) is 14.3. The van der Waals surface area contributed by atoms with Crippen LogP contribution in [0, 0.1) is 0 Å². The van der Waals surface area contributed by atoms with E-state index in [-0.39, 0.29) is 17.5 Å². The Morgan fingerprint density at radius 2 is 2.32 bits per heavy atom. The number of aromatic nitrogens is 1. The Hall–Kier alpha value is -1.15. The average Bonchev–Trinajstić information content (AvgIpc) is 3.06. The molecule has 0 bridgehead atoms. The molecule has 0 fully saturated rings. The van der Waals surface area contributed by atoms with E-state index in [9.17, 15) is 8.42 Å². The lowest BCUT2D eigenvalue weighted by Crippen LogP contribution is -2.27. The summed E-state index contributed by atoms with van der Waals surface area (Å²) >= 11 is 1.55. The van der Waals surface area contributed by atoms with Gasteiger partial charge in [0.05, 0.1) is 10.9 Å². The van der Waals surface area contributed by atoms with Crippen LogP contribution in [0.5, 0.6) is 0 Å². The fourth-order valence-electron chi connectivity index (χ4n) is 1.78. The highest BCUT2D eigenvalue weighted by Crippen LogP contribution is 2.24. The van der Waals surface area contributed by atoms with Crippen molar-refractivity contribution in [3.63, 3.8) is 0 Å². The maximum atomic E-state index is 12.3. The zero-order valence-electron chi connectivity index (χ0n) is 10.6. The third-order valence-electron chi connectivity index (χ3n) is 2.84. The number of aromatic amines is 1. The minimum atomic E-state index is -3.52. The van der Waals surface area contributed by atoms with E-state index in [4.69, 9.17) is 5.73 Å². The number of sulfonamides is 1. The summed E-state index contributed by atoms with van der Waals surface area (Å²) in [4.78, 5) is 4.09. The van der Waals surface area contributed by atoms with E-state index in [1.165, 1.54) is 6.20 Å². The Balaban J connectivity index is 2.20. The molecule has 2 heterocycles. The van der Waals surface area contributed by atoms with Gasteiger partial charge in [-0.15, -0.1) is 11.3 Å². The van der Waals surface area contributed by atoms with Gasteiger partial charge in [0.25, 0.3) is 0 Å². The Bertz CT molecular complexity index is 617. The lowest BCUT2D eigenvalue weighted by Gasteiger charge is -2.14. The molecule has 0 radical (unpaired) electrons. The largest absolute Gasteiger partial charge is 0.363 e. The number of hydrogen-bond acceptors (Lipinski definition) is 4. The van der Waals surface area contributed by atoms with Crippen molar-refractivity contribution >= 4 is 21.4 Å². The van der Waals surface area contributed by atoms with Crippen LogP contribution in [0.1, 0.15) is 30.0 Å². The topological polar surface area (TPSA) is 88.0 Å². The van der Waals surface area contributed by atoms with E-state index in [1.807, 2.05) is 24.4 Å². The lowest BCUT2D eigenvalue weighted by molar-refractivity contribution is 0.553. The molecule has 2 aromatic rings. The molecule has 0 spiro atoms. The lowest BCUT2D eigenvalue weighted by atomic mass is 10.2. The summed E-state index contributed by atoms with van der Waals surface area (Å²) in [5.41, 5.74) is 6.16. The van der Waals surface area contributed by atoms with Crippen molar-refractivity contribution in [3.05, 3.63) is 40.3 Å². The van der Waals surface area contributed by atoms with Crippen molar-refractivity contribution in [3.8, 4) is 0 Å². The zero-order valence-corrected chi connectivity index (χ0v) is 12.2. The van der Waals surface area contributed by atoms with Crippen LogP contribution in [0.25, 0.3) is 0 Å². The molecule has 5 nitrogen and oxygen atoms in total. The molecule has 0 aliphatic rings. The van der Waals surface area contributed by atoms with E-state index < -0.39 is 10.0 Å². The minimum absolute atomic E-state index is 0.193. The predicted molar refractivity (Wildman–Crippen MR) is 76.4 cm³/mol. The van der Waals surface area contributed by atoms with Crippen LogP contribution in [-0.2, 0) is 16.6 Å². The molecular formula is C12H17N3O2S2. The second-order valence-electron chi connectivity index (χ2n) is 4.16. The minimum Gasteiger partial charge on any atom is -0.363 e. The normalized spacial score (nSPS) is 13.6.